The topological polar surface area (TPSA) is 48.1 Å². The number of guanidine groups is 1. The molecule has 1 aromatic carbocycles. The lowest BCUT2D eigenvalue weighted by Crippen LogP contribution is -2.46. The van der Waals surface area contributed by atoms with Crippen LogP contribution >= 0.6 is 11.8 Å². The number of halogens is 1. The summed E-state index contributed by atoms with van der Waals surface area (Å²) in [7, 11) is 0. The zero-order valence-electron chi connectivity index (χ0n) is 15.0. The smallest absolute Gasteiger partial charge is 0.191 e. The number of nitrogens with zero attached hydrogens (tertiary/aromatic N) is 4. The fourth-order valence-corrected chi connectivity index (χ4v) is 4.18. The molecule has 0 radical (unpaired) electrons. The van der Waals surface area contributed by atoms with Crippen molar-refractivity contribution in [3.8, 4) is 0 Å². The van der Waals surface area contributed by atoms with E-state index in [2.05, 4.69) is 26.6 Å². The van der Waals surface area contributed by atoms with Crippen LogP contribution in [0.15, 0.2) is 23.2 Å². The molecule has 0 amide bonds. The van der Waals surface area contributed by atoms with E-state index in [9.17, 15) is 4.39 Å². The van der Waals surface area contributed by atoms with Gasteiger partial charge in [0.25, 0.3) is 0 Å². The fraction of sp³-hybridized carbons (Fsp3) is 0.611. The SMILES string of the molecule is CCN1CCN(c2ccc(CN=C(N)N3CCSCC3)cc2F)CC1. The van der Waals surface area contributed by atoms with Gasteiger partial charge in [-0.1, -0.05) is 13.0 Å². The molecule has 7 heteroatoms. The number of hydrogen-bond acceptors (Lipinski definition) is 4. The second-order valence-corrected chi connectivity index (χ2v) is 7.71. The number of anilines is 1. The number of piperazine rings is 1. The Bertz CT molecular complexity index is 595. The third-order valence-corrected chi connectivity index (χ3v) is 5.87. The Balaban J connectivity index is 1.60. The van der Waals surface area contributed by atoms with Gasteiger partial charge < -0.3 is 20.4 Å². The minimum Gasteiger partial charge on any atom is -0.370 e. The van der Waals surface area contributed by atoms with Crippen molar-refractivity contribution in [1.29, 1.82) is 0 Å². The van der Waals surface area contributed by atoms with Gasteiger partial charge in [0.05, 0.1) is 12.2 Å². The summed E-state index contributed by atoms with van der Waals surface area (Å²) in [5.41, 5.74) is 7.63. The molecule has 0 unspecified atom stereocenters. The second kappa shape index (κ2) is 8.76. The summed E-state index contributed by atoms with van der Waals surface area (Å²) in [5, 5.41) is 0. The van der Waals surface area contributed by atoms with Crippen molar-refractivity contribution in [2.24, 2.45) is 10.7 Å². The molecule has 0 saturated carbocycles. The van der Waals surface area contributed by atoms with E-state index in [1.54, 1.807) is 6.07 Å². The van der Waals surface area contributed by atoms with Crippen LogP contribution in [0.2, 0.25) is 0 Å². The maximum Gasteiger partial charge on any atom is 0.191 e. The molecule has 2 aliphatic heterocycles. The average Bonchev–Trinajstić information content (AvgIpc) is 2.67. The van der Waals surface area contributed by atoms with E-state index >= 15 is 0 Å². The molecule has 3 rings (SSSR count). The molecule has 138 valence electrons. The minimum absolute atomic E-state index is 0.161. The number of thioether (sulfide) groups is 1. The van der Waals surface area contributed by atoms with Crippen molar-refractivity contribution >= 4 is 23.4 Å². The first kappa shape index (κ1) is 18.3. The van der Waals surface area contributed by atoms with Crippen LogP contribution < -0.4 is 10.6 Å². The van der Waals surface area contributed by atoms with Crippen molar-refractivity contribution in [3.05, 3.63) is 29.6 Å². The van der Waals surface area contributed by atoms with E-state index in [1.165, 1.54) is 0 Å². The zero-order chi connectivity index (χ0) is 17.6. The first-order valence-corrected chi connectivity index (χ1v) is 10.2. The van der Waals surface area contributed by atoms with Crippen molar-refractivity contribution in [3.63, 3.8) is 0 Å². The summed E-state index contributed by atoms with van der Waals surface area (Å²) in [4.78, 5) is 11.1. The van der Waals surface area contributed by atoms with Crippen LogP contribution in [0.1, 0.15) is 12.5 Å². The maximum absolute atomic E-state index is 14.5. The Morgan fingerprint density at radius 1 is 1.16 bits per heavy atom. The third kappa shape index (κ3) is 4.79. The number of rotatable bonds is 4. The lowest BCUT2D eigenvalue weighted by molar-refractivity contribution is 0.270. The Kier molecular flexibility index (Phi) is 6.42. The second-order valence-electron chi connectivity index (χ2n) is 6.48. The van der Waals surface area contributed by atoms with Crippen molar-refractivity contribution in [1.82, 2.24) is 9.80 Å². The Morgan fingerprint density at radius 3 is 2.52 bits per heavy atom. The van der Waals surface area contributed by atoms with Gasteiger partial charge in [-0.05, 0) is 24.2 Å². The first-order chi connectivity index (χ1) is 12.2. The highest BCUT2D eigenvalue weighted by Gasteiger charge is 2.18. The highest BCUT2D eigenvalue weighted by molar-refractivity contribution is 7.99. The van der Waals surface area contributed by atoms with E-state index in [4.69, 9.17) is 5.73 Å². The van der Waals surface area contributed by atoms with Gasteiger partial charge in [0.15, 0.2) is 5.96 Å². The molecule has 0 bridgehead atoms. The predicted octanol–water partition coefficient (Wildman–Crippen LogP) is 1.83. The number of likely N-dealkylation sites (N-methyl/N-ethyl adjacent to an activating group) is 1. The van der Waals surface area contributed by atoms with E-state index in [1.807, 2.05) is 23.9 Å². The Morgan fingerprint density at radius 2 is 1.88 bits per heavy atom. The maximum atomic E-state index is 14.5. The van der Waals surface area contributed by atoms with Crippen LogP contribution in [0.25, 0.3) is 0 Å². The number of hydrogen-bond donors (Lipinski definition) is 1. The highest BCUT2D eigenvalue weighted by atomic mass is 32.2. The molecule has 2 aliphatic rings. The van der Waals surface area contributed by atoms with Crippen molar-refractivity contribution in [2.45, 2.75) is 13.5 Å². The van der Waals surface area contributed by atoms with Crippen LogP contribution in [-0.2, 0) is 6.54 Å². The lowest BCUT2D eigenvalue weighted by atomic mass is 10.1. The van der Waals surface area contributed by atoms with Gasteiger partial charge in [0, 0.05) is 50.8 Å². The summed E-state index contributed by atoms with van der Waals surface area (Å²) in [6, 6.07) is 5.45. The molecule has 2 saturated heterocycles. The first-order valence-electron chi connectivity index (χ1n) is 9.05. The summed E-state index contributed by atoms with van der Waals surface area (Å²) in [5.74, 6) is 2.58. The van der Waals surface area contributed by atoms with Gasteiger partial charge in [-0.3, -0.25) is 0 Å². The highest BCUT2D eigenvalue weighted by Crippen LogP contribution is 2.22. The van der Waals surface area contributed by atoms with Gasteiger partial charge in [0.1, 0.15) is 5.82 Å². The molecule has 0 spiro atoms. The monoisotopic (exact) mass is 365 g/mol. The number of benzene rings is 1. The standard InChI is InChI=1S/C18H28FN5S/c1-2-22-5-7-23(8-6-22)17-4-3-15(13-16(17)19)14-21-18(20)24-9-11-25-12-10-24/h3-4,13H,2,5-12,14H2,1H3,(H2,20,21). The molecule has 0 aromatic heterocycles. The fourth-order valence-electron chi connectivity index (χ4n) is 3.27. The Hall–Kier alpha value is -1.47. The van der Waals surface area contributed by atoms with Crippen LogP contribution in [0.4, 0.5) is 10.1 Å². The summed E-state index contributed by atoms with van der Waals surface area (Å²) < 4.78 is 14.5. The average molecular weight is 366 g/mol. The predicted molar refractivity (Wildman–Crippen MR) is 105 cm³/mol. The van der Waals surface area contributed by atoms with Gasteiger partial charge in [0.2, 0.25) is 0 Å². The molecule has 0 aliphatic carbocycles. The van der Waals surface area contributed by atoms with Gasteiger partial charge in [-0.15, -0.1) is 0 Å². The summed E-state index contributed by atoms with van der Waals surface area (Å²) >= 11 is 1.94. The summed E-state index contributed by atoms with van der Waals surface area (Å²) in [6.07, 6.45) is 0. The van der Waals surface area contributed by atoms with E-state index in [0.29, 0.717) is 18.2 Å². The largest absolute Gasteiger partial charge is 0.370 e. The Labute approximate surface area is 154 Å². The molecule has 0 atom stereocenters. The number of nitrogens with two attached hydrogens (primary N) is 1. The normalized spacial score (nSPS) is 20.2. The molecule has 2 fully saturated rings. The van der Waals surface area contributed by atoms with Crippen LogP contribution in [0.5, 0.6) is 0 Å². The molecule has 2 heterocycles. The van der Waals surface area contributed by atoms with E-state index in [-0.39, 0.29) is 5.82 Å². The lowest BCUT2D eigenvalue weighted by Gasteiger charge is -2.35. The van der Waals surface area contributed by atoms with Crippen LogP contribution in [-0.4, -0.2) is 73.1 Å². The third-order valence-electron chi connectivity index (χ3n) is 4.93. The molecular formula is C18H28FN5S. The van der Waals surface area contributed by atoms with Crippen LogP contribution in [0, 0.1) is 5.82 Å². The van der Waals surface area contributed by atoms with Crippen molar-refractivity contribution < 1.29 is 4.39 Å². The molecular weight excluding hydrogens is 337 g/mol. The molecule has 2 N–H and O–H groups in total. The molecule has 1 aromatic rings. The van der Waals surface area contributed by atoms with Gasteiger partial charge in [-0.25, -0.2) is 9.38 Å². The van der Waals surface area contributed by atoms with Gasteiger partial charge in [-0.2, -0.15) is 11.8 Å². The molecule has 5 nitrogen and oxygen atoms in total. The van der Waals surface area contributed by atoms with E-state index < -0.39 is 0 Å². The summed E-state index contributed by atoms with van der Waals surface area (Å²) in [6.45, 7) is 9.28. The quantitative estimate of drug-likeness (QED) is 0.652. The zero-order valence-corrected chi connectivity index (χ0v) is 15.8. The minimum atomic E-state index is -0.161. The molecule has 25 heavy (non-hydrogen) atoms. The van der Waals surface area contributed by atoms with Crippen molar-refractivity contribution in [2.75, 3.05) is 62.2 Å². The van der Waals surface area contributed by atoms with Gasteiger partial charge >= 0.3 is 0 Å². The number of aliphatic imine (C=N–C) groups is 1. The van der Waals surface area contributed by atoms with E-state index in [0.717, 1.165) is 62.9 Å². The van der Waals surface area contributed by atoms with Crippen LogP contribution in [0.3, 0.4) is 0 Å².